The van der Waals surface area contributed by atoms with Gasteiger partial charge in [-0.05, 0) is 22.5 Å². The van der Waals surface area contributed by atoms with Gasteiger partial charge in [-0.15, -0.1) is 11.8 Å². The van der Waals surface area contributed by atoms with Crippen LogP contribution in [0.1, 0.15) is 45.7 Å². The highest BCUT2D eigenvalue weighted by Crippen LogP contribution is 2.28. The van der Waals surface area contributed by atoms with Crippen molar-refractivity contribution in [3.63, 3.8) is 0 Å². The molecular formula is C18H26O2S. The van der Waals surface area contributed by atoms with E-state index in [-0.39, 0.29) is 11.3 Å². The average Bonchev–Trinajstić information content (AvgIpc) is 2.37. The van der Waals surface area contributed by atoms with E-state index in [0.717, 1.165) is 11.1 Å². The molecule has 0 saturated carbocycles. The molecule has 0 spiro atoms. The first-order valence-corrected chi connectivity index (χ1v) is 8.30. The summed E-state index contributed by atoms with van der Waals surface area (Å²) in [5.41, 5.74) is 3.36. The number of hydrogen-bond donors (Lipinski definition) is 1. The van der Waals surface area contributed by atoms with Gasteiger partial charge in [-0.25, -0.2) is 0 Å². The molecule has 0 heterocycles. The van der Waals surface area contributed by atoms with Gasteiger partial charge in [0.1, 0.15) is 5.25 Å². The lowest BCUT2D eigenvalue weighted by Crippen LogP contribution is -2.21. The standard InChI is InChI=1S/C18H26O2S/c1-12(2)13(3)16(17(19)20)21-11-14-7-9-15(10-8-14)18(4,5)6/h7-10,12,16H,3,11H2,1-2,4-6H3,(H,19,20)/t16-/m1/s1. The third kappa shape index (κ3) is 5.24. The predicted octanol–water partition coefficient (Wildman–Crippen LogP) is 4.88. The van der Waals surface area contributed by atoms with Crippen LogP contribution in [0.4, 0.5) is 0 Å². The fourth-order valence-electron chi connectivity index (χ4n) is 1.92. The summed E-state index contributed by atoms with van der Waals surface area (Å²) in [6, 6.07) is 8.43. The third-order valence-electron chi connectivity index (χ3n) is 3.54. The molecule has 0 unspecified atom stereocenters. The van der Waals surface area contributed by atoms with Crippen LogP contribution in [0.5, 0.6) is 0 Å². The maximum absolute atomic E-state index is 11.4. The first kappa shape index (κ1) is 17.8. The minimum absolute atomic E-state index is 0.140. The Morgan fingerprint density at radius 3 is 2.14 bits per heavy atom. The fourth-order valence-corrected chi connectivity index (χ4v) is 3.10. The van der Waals surface area contributed by atoms with E-state index in [9.17, 15) is 9.90 Å². The summed E-state index contributed by atoms with van der Waals surface area (Å²) in [6.07, 6.45) is 0. The molecule has 1 aromatic carbocycles. The molecule has 1 atom stereocenters. The van der Waals surface area contributed by atoms with Gasteiger partial charge in [0.05, 0.1) is 0 Å². The van der Waals surface area contributed by atoms with Crippen molar-refractivity contribution in [2.45, 2.75) is 51.0 Å². The molecule has 0 bridgehead atoms. The van der Waals surface area contributed by atoms with Crippen molar-refractivity contribution in [3.8, 4) is 0 Å². The highest BCUT2D eigenvalue weighted by Gasteiger charge is 2.23. The molecule has 0 aromatic heterocycles. The second kappa shape index (κ2) is 7.17. The molecule has 0 amide bonds. The zero-order valence-corrected chi connectivity index (χ0v) is 14.5. The molecule has 1 N–H and O–H groups in total. The number of carbonyl (C=O) groups is 1. The largest absolute Gasteiger partial charge is 0.480 e. The third-order valence-corrected chi connectivity index (χ3v) is 4.88. The maximum atomic E-state index is 11.4. The topological polar surface area (TPSA) is 37.3 Å². The van der Waals surface area contributed by atoms with Crippen LogP contribution in [0, 0.1) is 5.92 Å². The van der Waals surface area contributed by atoms with Crippen molar-refractivity contribution in [3.05, 3.63) is 47.5 Å². The van der Waals surface area contributed by atoms with Crippen LogP contribution in [-0.4, -0.2) is 16.3 Å². The van der Waals surface area contributed by atoms with Crippen LogP contribution >= 0.6 is 11.8 Å². The highest BCUT2D eigenvalue weighted by atomic mass is 32.2. The van der Waals surface area contributed by atoms with Crippen LogP contribution in [0.3, 0.4) is 0 Å². The van der Waals surface area contributed by atoms with E-state index in [4.69, 9.17) is 0 Å². The summed E-state index contributed by atoms with van der Waals surface area (Å²) in [4.78, 5) is 11.4. The molecule has 0 saturated heterocycles. The second-order valence-electron chi connectivity index (χ2n) is 6.71. The minimum atomic E-state index is -0.801. The first-order chi connectivity index (χ1) is 9.62. The second-order valence-corrected chi connectivity index (χ2v) is 7.80. The Labute approximate surface area is 132 Å². The van der Waals surface area contributed by atoms with Crippen molar-refractivity contribution in [2.24, 2.45) is 5.92 Å². The molecule has 0 radical (unpaired) electrons. The van der Waals surface area contributed by atoms with Crippen LogP contribution in [0.15, 0.2) is 36.4 Å². The van der Waals surface area contributed by atoms with Crippen LogP contribution in [0.2, 0.25) is 0 Å². The first-order valence-electron chi connectivity index (χ1n) is 7.25. The Bertz CT molecular complexity index is 495. The molecular weight excluding hydrogens is 280 g/mol. The van der Waals surface area contributed by atoms with Crippen molar-refractivity contribution < 1.29 is 9.90 Å². The van der Waals surface area contributed by atoms with E-state index in [1.807, 2.05) is 13.8 Å². The molecule has 0 aliphatic rings. The van der Waals surface area contributed by atoms with Crippen molar-refractivity contribution >= 4 is 17.7 Å². The Balaban J connectivity index is 2.73. The molecule has 2 nitrogen and oxygen atoms in total. The van der Waals surface area contributed by atoms with Crippen LogP contribution in [-0.2, 0) is 16.0 Å². The summed E-state index contributed by atoms with van der Waals surface area (Å²) < 4.78 is 0. The number of thioether (sulfide) groups is 1. The molecule has 116 valence electrons. The Morgan fingerprint density at radius 1 is 1.24 bits per heavy atom. The molecule has 3 heteroatoms. The SMILES string of the molecule is C=C(C(C)C)[C@@H](SCc1ccc(C(C)(C)C)cc1)C(=O)O. The average molecular weight is 306 g/mol. The predicted molar refractivity (Wildman–Crippen MR) is 91.8 cm³/mol. The molecule has 0 aliphatic heterocycles. The zero-order chi connectivity index (χ0) is 16.2. The van der Waals surface area contributed by atoms with E-state index < -0.39 is 11.2 Å². The van der Waals surface area contributed by atoms with E-state index >= 15 is 0 Å². The number of hydrogen-bond acceptors (Lipinski definition) is 2. The van der Waals surface area contributed by atoms with Gasteiger partial charge in [-0.2, -0.15) is 0 Å². The quantitative estimate of drug-likeness (QED) is 0.761. The number of carboxylic acid groups (broad SMARTS) is 1. The maximum Gasteiger partial charge on any atom is 0.320 e. The summed E-state index contributed by atoms with van der Waals surface area (Å²) in [7, 11) is 0. The molecule has 1 rings (SSSR count). The lowest BCUT2D eigenvalue weighted by molar-refractivity contribution is -0.135. The molecule has 21 heavy (non-hydrogen) atoms. The van der Waals surface area contributed by atoms with Gasteiger partial charge in [-0.3, -0.25) is 4.79 Å². The molecule has 1 aromatic rings. The normalized spacial score (nSPS) is 13.2. The summed E-state index contributed by atoms with van der Waals surface area (Å²) in [6.45, 7) is 14.5. The smallest absolute Gasteiger partial charge is 0.320 e. The Hall–Kier alpha value is -1.22. The number of carboxylic acids is 1. The van der Waals surface area contributed by atoms with Crippen LogP contribution < -0.4 is 0 Å². The van der Waals surface area contributed by atoms with Gasteiger partial charge in [0.25, 0.3) is 0 Å². The summed E-state index contributed by atoms with van der Waals surface area (Å²) >= 11 is 1.43. The van der Waals surface area contributed by atoms with E-state index in [2.05, 4.69) is 51.6 Å². The number of benzene rings is 1. The van der Waals surface area contributed by atoms with E-state index in [0.29, 0.717) is 5.75 Å². The summed E-state index contributed by atoms with van der Waals surface area (Å²) in [5, 5.41) is 8.80. The van der Waals surface area contributed by atoms with E-state index in [1.165, 1.54) is 17.3 Å². The van der Waals surface area contributed by atoms with Gasteiger partial charge in [0.15, 0.2) is 0 Å². The van der Waals surface area contributed by atoms with Crippen molar-refractivity contribution in [2.75, 3.05) is 0 Å². The van der Waals surface area contributed by atoms with E-state index in [1.54, 1.807) is 0 Å². The lowest BCUT2D eigenvalue weighted by atomic mass is 9.87. The molecule has 0 fully saturated rings. The van der Waals surface area contributed by atoms with Gasteiger partial charge in [0, 0.05) is 5.75 Å². The minimum Gasteiger partial charge on any atom is -0.480 e. The van der Waals surface area contributed by atoms with Gasteiger partial charge in [0.2, 0.25) is 0 Å². The van der Waals surface area contributed by atoms with Crippen molar-refractivity contribution in [1.82, 2.24) is 0 Å². The van der Waals surface area contributed by atoms with Crippen LogP contribution in [0.25, 0.3) is 0 Å². The Kier molecular flexibility index (Phi) is 6.09. The fraction of sp³-hybridized carbons (Fsp3) is 0.500. The van der Waals surface area contributed by atoms with Gasteiger partial charge < -0.3 is 5.11 Å². The number of aliphatic carboxylic acids is 1. The highest BCUT2D eigenvalue weighted by molar-refractivity contribution is 8.00. The number of rotatable bonds is 6. The van der Waals surface area contributed by atoms with Gasteiger partial charge in [-0.1, -0.05) is 71.0 Å². The summed E-state index contributed by atoms with van der Waals surface area (Å²) in [5.74, 6) is 0.0690. The molecule has 0 aliphatic carbocycles. The monoisotopic (exact) mass is 306 g/mol. The lowest BCUT2D eigenvalue weighted by Gasteiger charge is -2.20. The van der Waals surface area contributed by atoms with Crippen molar-refractivity contribution in [1.29, 1.82) is 0 Å². The Morgan fingerprint density at radius 2 is 1.76 bits per heavy atom. The van der Waals surface area contributed by atoms with Gasteiger partial charge >= 0.3 is 5.97 Å². The zero-order valence-electron chi connectivity index (χ0n) is 13.6.